The van der Waals surface area contributed by atoms with Gasteiger partial charge in [-0.15, -0.1) is 0 Å². The fourth-order valence-electron chi connectivity index (χ4n) is 1.34. The van der Waals surface area contributed by atoms with Crippen LogP contribution in [0.3, 0.4) is 0 Å². The van der Waals surface area contributed by atoms with Gasteiger partial charge in [0.2, 0.25) is 0 Å². The van der Waals surface area contributed by atoms with E-state index in [1.165, 1.54) is 19.1 Å². The lowest BCUT2D eigenvalue weighted by Crippen LogP contribution is -2.25. The van der Waals surface area contributed by atoms with Crippen molar-refractivity contribution < 1.29 is 23.1 Å². The summed E-state index contributed by atoms with van der Waals surface area (Å²) in [7, 11) is 0. The number of aromatic nitrogens is 1. The molecular weight excluding hydrogens is 251 g/mol. The quantitative estimate of drug-likeness (QED) is 0.774. The molecule has 0 saturated carbocycles. The SMILES string of the molecule is CC(CC(F)(F)F)Nc1nc(C(=O)O)ccc1N. The van der Waals surface area contributed by atoms with Crippen molar-refractivity contribution in [3.63, 3.8) is 0 Å². The number of rotatable bonds is 4. The molecule has 4 N–H and O–H groups in total. The molecule has 1 unspecified atom stereocenters. The van der Waals surface area contributed by atoms with Crippen molar-refractivity contribution >= 4 is 17.5 Å². The van der Waals surface area contributed by atoms with E-state index in [1.54, 1.807) is 0 Å². The summed E-state index contributed by atoms with van der Waals surface area (Å²) in [6.07, 6.45) is -5.38. The highest BCUT2D eigenvalue weighted by Crippen LogP contribution is 2.24. The lowest BCUT2D eigenvalue weighted by Gasteiger charge is -2.17. The highest BCUT2D eigenvalue weighted by Gasteiger charge is 2.30. The Kier molecular flexibility index (Phi) is 4.00. The zero-order valence-corrected chi connectivity index (χ0v) is 9.45. The second kappa shape index (κ2) is 5.11. The molecule has 18 heavy (non-hydrogen) atoms. The molecule has 0 aliphatic rings. The van der Waals surface area contributed by atoms with Crippen molar-refractivity contribution in [2.75, 3.05) is 11.1 Å². The van der Waals surface area contributed by atoms with E-state index in [2.05, 4.69) is 10.3 Å². The number of carboxylic acid groups (broad SMARTS) is 1. The number of hydrogen-bond donors (Lipinski definition) is 3. The third-order valence-corrected chi connectivity index (χ3v) is 2.07. The molecule has 1 aromatic heterocycles. The molecule has 0 spiro atoms. The Labute approximate surface area is 101 Å². The van der Waals surface area contributed by atoms with Gasteiger partial charge in [-0.05, 0) is 19.1 Å². The zero-order valence-electron chi connectivity index (χ0n) is 9.45. The largest absolute Gasteiger partial charge is 0.477 e. The van der Waals surface area contributed by atoms with Gasteiger partial charge in [-0.1, -0.05) is 0 Å². The summed E-state index contributed by atoms with van der Waals surface area (Å²) in [5, 5.41) is 11.2. The minimum Gasteiger partial charge on any atom is -0.477 e. The molecule has 100 valence electrons. The van der Waals surface area contributed by atoms with E-state index in [4.69, 9.17) is 10.8 Å². The van der Waals surface area contributed by atoms with Crippen LogP contribution in [0.4, 0.5) is 24.7 Å². The van der Waals surface area contributed by atoms with Crippen LogP contribution in [0, 0.1) is 0 Å². The Morgan fingerprint density at radius 2 is 2.17 bits per heavy atom. The summed E-state index contributed by atoms with van der Waals surface area (Å²) in [5.74, 6) is -1.34. The number of anilines is 2. The first-order valence-corrected chi connectivity index (χ1v) is 5.02. The number of hydrogen-bond acceptors (Lipinski definition) is 4. The van der Waals surface area contributed by atoms with Crippen molar-refractivity contribution in [1.29, 1.82) is 0 Å². The number of nitrogen functional groups attached to an aromatic ring is 1. The lowest BCUT2D eigenvalue weighted by atomic mass is 10.2. The maximum absolute atomic E-state index is 12.1. The van der Waals surface area contributed by atoms with E-state index in [0.717, 1.165) is 0 Å². The summed E-state index contributed by atoms with van der Waals surface area (Å²) in [6.45, 7) is 1.31. The molecule has 1 rings (SSSR count). The molecule has 0 aromatic carbocycles. The van der Waals surface area contributed by atoms with Crippen molar-refractivity contribution in [3.05, 3.63) is 17.8 Å². The van der Waals surface area contributed by atoms with Crippen LogP contribution in [0.2, 0.25) is 0 Å². The molecule has 1 atom stereocenters. The van der Waals surface area contributed by atoms with E-state index in [0.29, 0.717) is 0 Å². The maximum atomic E-state index is 12.1. The van der Waals surface area contributed by atoms with Gasteiger partial charge >= 0.3 is 12.1 Å². The number of nitrogens with two attached hydrogens (primary N) is 1. The zero-order chi connectivity index (χ0) is 13.9. The van der Waals surface area contributed by atoms with Crippen LogP contribution in [0.5, 0.6) is 0 Å². The molecule has 0 radical (unpaired) electrons. The Bertz CT molecular complexity index is 448. The number of halogens is 3. The van der Waals surface area contributed by atoms with E-state index in [1.807, 2.05) is 0 Å². The number of pyridine rings is 1. The number of alkyl halides is 3. The van der Waals surface area contributed by atoms with Crippen LogP contribution in [0.15, 0.2) is 12.1 Å². The molecule has 0 amide bonds. The van der Waals surface area contributed by atoms with Crippen LogP contribution >= 0.6 is 0 Å². The van der Waals surface area contributed by atoms with E-state index in [9.17, 15) is 18.0 Å². The van der Waals surface area contributed by atoms with E-state index >= 15 is 0 Å². The van der Waals surface area contributed by atoms with Gasteiger partial charge < -0.3 is 16.2 Å². The third-order valence-electron chi connectivity index (χ3n) is 2.07. The van der Waals surface area contributed by atoms with Gasteiger partial charge in [0.05, 0.1) is 12.1 Å². The molecule has 5 nitrogen and oxygen atoms in total. The topological polar surface area (TPSA) is 88.2 Å². The van der Waals surface area contributed by atoms with Gasteiger partial charge in [-0.3, -0.25) is 0 Å². The van der Waals surface area contributed by atoms with Crippen LogP contribution in [0.25, 0.3) is 0 Å². The van der Waals surface area contributed by atoms with E-state index in [-0.39, 0.29) is 17.2 Å². The van der Waals surface area contributed by atoms with Crippen molar-refractivity contribution in [2.24, 2.45) is 0 Å². The van der Waals surface area contributed by atoms with Crippen molar-refractivity contribution in [3.8, 4) is 0 Å². The Balaban J connectivity index is 2.83. The summed E-state index contributed by atoms with van der Waals surface area (Å²) >= 11 is 0. The van der Waals surface area contributed by atoms with Gasteiger partial charge in [0.15, 0.2) is 5.69 Å². The predicted molar refractivity (Wildman–Crippen MR) is 59.4 cm³/mol. The van der Waals surface area contributed by atoms with Crippen molar-refractivity contribution in [1.82, 2.24) is 4.98 Å². The fraction of sp³-hybridized carbons (Fsp3) is 0.400. The van der Waals surface area contributed by atoms with Gasteiger partial charge in [-0.2, -0.15) is 13.2 Å². The van der Waals surface area contributed by atoms with Crippen LogP contribution in [0.1, 0.15) is 23.8 Å². The Morgan fingerprint density at radius 1 is 1.56 bits per heavy atom. The second-order valence-electron chi connectivity index (χ2n) is 3.80. The highest BCUT2D eigenvalue weighted by molar-refractivity contribution is 5.86. The molecule has 0 saturated heterocycles. The Morgan fingerprint density at radius 3 is 2.67 bits per heavy atom. The van der Waals surface area contributed by atoms with Gasteiger partial charge in [0, 0.05) is 6.04 Å². The highest BCUT2D eigenvalue weighted by atomic mass is 19.4. The normalized spacial score (nSPS) is 13.1. The van der Waals surface area contributed by atoms with Gasteiger partial charge in [0.25, 0.3) is 0 Å². The summed E-state index contributed by atoms with van der Waals surface area (Å²) in [5.41, 5.74) is 5.31. The van der Waals surface area contributed by atoms with Gasteiger partial charge in [0.1, 0.15) is 5.82 Å². The lowest BCUT2D eigenvalue weighted by molar-refractivity contribution is -0.136. The molecule has 8 heteroatoms. The van der Waals surface area contributed by atoms with Crippen LogP contribution in [-0.2, 0) is 0 Å². The summed E-state index contributed by atoms with van der Waals surface area (Å²) < 4.78 is 36.4. The average molecular weight is 263 g/mol. The smallest absolute Gasteiger partial charge is 0.391 e. The maximum Gasteiger partial charge on any atom is 0.391 e. The number of aromatic carboxylic acids is 1. The Hall–Kier alpha value is -1.99. The van der Waals surface area contributed by atoms with Gasteiger partial charge in [-0.25, -0.2) is 9.78 Å². The molecule has 1 aromatic rings. The predicted octanol–water partition coefficient (Wildman–Crippen LogP) is 2.11. The monoisotopic (exact) mass is 263 g/mol. The number of nitrogens with zero attached hydrogens (tertiary/aromatic N) is 1. The third kappa shape index (κ3) is 4.11. The minimum atomic E-state index is -4.31. The second-order valence-corrected chi connectivity index (χ2v) is 3.80. The molecular formula is C10H12F3N3O2. The van der Waals surface area contributed by atoms with Crippen LogP contribution < -0.4 is 11.1 Å². The summed E-state index contributed by atoms with van der Waals surface area (Å²) in [4.78, 5) is 14.3. The van der Waals surface area contributed by atoms with E-state index < -0.39 is 24.6 Å². The average Bonchev–Trinajstić information content (AvgIpc) is 2.18. The first kappa shape index (κ1) is 14.1. The number of carboxylic acids is 1. The fourth-order valence-corrected chi connectivity index (χ4v) is 1.34. The summed E-state index contributed by atoms with van der Waals surface area (Å²) in [6, 6.07) is 1.50. The standard InChI is InChI=1S/C10H12F3N3O2/c1-5(4-10(11,12)13)15-8-6(14)2-3-7(16-8)9(17)18/h2-3,5H,4,14H2,1H3,(H,15,16)(H,17,18). The molecule has 1 heterocycles. The first-order valence-electron chi connectivity index (χ1n) is 5.02. The first-order chi connectivity index (χ1) is 8.19. The molecule has 0 bridgehead atoms. The number of carbonyl (C=O) groups is 1. The number of nitrogens with one attached hydrogen (secondary N) is 1. The molecule has 0 fully saturated rings. The minimum absolute atomic E-state index is 0.0633. The molecule has 0 aliphatic carbocycles. The van der Waals surface area contributed by atoms with Crippen molar-refractivity contribution in [2.45, 2.75) is 25.6 Å². The van der Waals surface area contributed by atoms with Crippen LogP contribution in [-0.4, -0.2) is 28.3 Å². The molecule has 0 aliphatic heterocycles.